The molecule has 1 heterocycles. The second-order valence-corrected chi connectivity index (χ2v) is 14.1. The highest BCUT2D eigenvalue weighted by Crippen LogP contribution is 2.40. The first kappa shape index (κ1) is 34.3. The van der Waals surface area contributed by atoms with E-state index in [0.29, 0.717) is 30.4 Å². The summed E-state index contributed by atoms with van der Waals surface area (Å²) in [4.78, 5) is 25.4. The monoisotopic (exact) mass is 648 g/mol. The maximum Gasteiger partial charge on any atom is 0.500 e. The molecule has 4 aromatic rings. The first-order valence-corrected chi connectivity index (χ1v) is 16.7. The maximum absolute atomic E-state index is 12.8. The van der Waals surface area contributed by atoms with Gasteiger partial charge in [0.2, 0.25) is 0 Å². The molecular formula is C33H44N6O6Si. The Hall–Kier alpha value is -4.56. The SMILES string of the molecule is COc1cc(-c2nc(-c3ccc(N(C)C)cc3)c(-c3ccc(N(C)C)cc3)[nH]2)cc(NC(=O)NCCC[Si](OC)(OC)OC)c1O. The van der Waals surface area contributed by atoms with Crippen molar-refractivity contribution in [3.05, 3.63) is 60.7 Å². The van der Waals surface area contributed by atoms with Crippen LogP contribution in [0.5, 0.6) is 11.5 Å². The second kappa shape index (κ2) is 15.1. The number of rotatable bonds is 14. The lowest BCUT2D eigenvalue weighted by Gasteiger charge is -2.24. The highest BCUT2D eigenvalue weighted by Gasteiger charge is 2.36. The van der Waals surface area contributed by atoms with Crippen molar-refractivity contribution in [2.24, 2.45) is 0 Å². The molecule has 46 heavy (non-hydrogen) atoms. The molecule has 4 rings (SSSR count). The largest absolute Gasteiger partial charge is 0.503 e. The van der Waals surface area contributed by atoms with Crippen molar-refractivity contribution in [1.82, 2.24) is 15.3 Å². The highest BCUT2D eigenvalue weighted by atomic mass is 28.4. The van der Waals surface area contributed by atoms with E-state index in [4.69, 9.17) is 23.0 Å². The predicted molar refractivity (Wildman–Crippen MR) is 185 cm³/mol. The van der Waals surface area contributed by atoms with Crippen molar-refractivity contribution < 1.29 is 27.9 Å². The summed E-state index contributed by atoms with van der Waals surface area (Å²) in [6.07, 6.45) is 0.577. The number of hydrogen-bond acceptors (Lipinski definition) is 9. The first-order chi connectivity index (χ1) is 22.0. The molecule has 2 amide bonds. The molecule has 0 saturated heterocycles. The van der Waals surface area contributed by atoms with Crippen LogP contribution in [0, 0.1) is 0 Å². The minimum absolute atomic E-state index is 0.173. The van der Waals surface area contributed by atoms with Crippen molar-refractivity contribution in [1.29, 1.82) is 0 Å². The molecule has 12 nitrogen and oxygen atoms in total. The number of aromatic amines is 1. The van der Waals surface area contributed by atoms with Gasteiger partial charge in [0.1, 0.15) is 5.82 Å². The molecule has 0 radical (unpaired) electrons. The lowest BCUT2D eigenvalue weighted by molar-refractivity contribution is 0.123. The Morgan fingerprint density at radius 3 is 1.93 bits per heavy atom. The molecule has 0 spiro atoms. The van der Waals surface area contributed by atoms with Crippen LogP contribution in [0.25, 0.3) is 33.9 Å². The van der Waals surface area contributed by atoms with E-state index in [9.17, 15) is 9.90 Å². The van der Waals surface area contributed by atoms with E-state index in [-0.39, 0.29) is 17.2 Å². The van der Waals surface area contributed by atoms with Gasteiger partial charge in [-0.15, -0.1) is 0 Å². The lowest BCUT2D eigenvalue weighted by atomic mass is 10.0. The smallest absolute Gasteiger partial charge is 0.500 e. The van der Waals surface area contributed by atoms with Crippen LogP contribution in [0.1, 0.15) is 6.42 Å². The van der Waals surface area contributed by atoms with Crippen molar-refractivity contribution in [2.75, 3.05) is 78.3 Å². The molecule has 0 fully saturated rings. The van der Waals surface area contributed by atoms with Gasteiger partial charge >= 0.3 is 14.8 Å². The Balaban J connectivity index is 1.66. The third-order valence-electron chi connectivity index (χ3n) is 7.73. The van der Waals surface area contributed by atoms with Gasteiger partial charge in [0.05, 0.1) is 24.2 Å². The number of nitrogens with one attached hydrogen (secondary N) is 3. The van der Waals surface area contributed by atoms with Crippen molar-refractivity contribution in [2.45, 2.75) is 12.5 Å². The van der Waals surface area contributed by atoms with E-state index in [1.54, 1.807) is 33.5 Å². The van der Waals surface area contributed by atoms with E-state index < -0.39 is 14.8 Å². The van der Waals surface area contributed by atoms with Crippen molar-refractivity contribution in [3.63, 3.8) is 0 Å². The summed E-state index contributed by atoms with van der Waals surface area (Å²) in [5.41, 5.74) is 6.43. The number of phenolic OH excluding ortho intramolecular Hbond substituents is 1. The van der Waals surface area contributed by atoms with Crippen molar-refractivity contribution >= 4 is 31.9 Å². The average Bonchev–Trinajstić information content (AvgIpc) is 3.52. The number of anilines is 3. The molecule has 0 aliphatic rings. The molecule has 0 unspecified atom stereocenters. The number of H-pyrrole nitrogens is 1. The van der Waals surface area contributed by atoms with Crippen LogP contribution in [0.15, 0.2) is 60.7 Å². The fourth-order valence-electron chi connectivity index (χ4n) is 5.00. The molecule has 0 atom stereocenters. The summed E-state index contributed by atoms with van der Waals surface area (Å²) in [6.45, 7) is 0.346. The van der Waals surface area contributed by atoms with Gasteiger partial charge in [-0.05, 0) is 42.8 Å². The molecular weight excluding hydrogens is 604 g/mol. The van der Waals surface area contributed by atoms with Crippen molar-refractivity contribution in [3.8, 4) is 45.4 Å². The first-order valence-electron chi connectivity index (χ1n) is 14.8. The number of benzene rings is 3. The van der Waals surface area contributed by atoms with E-state index >= 15 is 0 Å². The van der Waals surface area contributed by atoms with E-state index in [0.717, 1.165) is 33.9 Å². The van der Waals surface area contributed by atoms with Crippen LogP contribution in [-0.2, 0) is 13.3 Å². The third-order valence-corrected chi connectivity index (χ3v) is 10.6. The molecule has 4 N–H and O–H groups in total. The van der Waals surface area contributed by atoms with Crippen LogP contribution in [0.2, 0.25) is 6.04 Å². The predicted octanol–water partition coefficient (Wildman–Crippen LogP) is 5.65. The zero-order valence-electron chi connectivity index (χ0n) is 27.7. The minimum Gasteiger partial charge on any atom is -0.503 e. The Kier molecular flexibility index (Phi) is 11.3. The van der Waals surface area contributed by atoms with Gasteiger partial charge in [-0.25, -0.2) is 9.78 Å². The summed E-state index contributed by atoms with van der Waals surface area (Å²) in [5.74, 6) is 0.533. The number of carbonyl (C=O) groups is 1. The minimum atomic E-state index is -2.74. The van der Waals surface area contributed by atoms with Gasteiger partial charge in [0, 0.05) is 90.2 Å². The zero-order chi connectivity index (χ0) is 33.4. The lowest BCUT2D eigenvalue weighted by Crippen LogP contribution is -2.43. The van der Waals surface area contributed by atoms with Gasteiger partial charge < -0.3 is 48.5 Å². The van der Waals surface area contributed by atoms with Gasteiger partial charge in [-0.2, -0.15) is 0 Å². The fraction of sp³-hybridized carbons (Fsp3) is 0.333. The Morgan fingerprint density at radius 2 is 1.41 bits per heavy atom. The Morgan fingerprint density at radius 1 is 0.848 bits per heavy atom. The summed E-state index contributed by atoms with van der Waals surface area (Å²) in [5, 5.41) is 16.4. The van der Waals surface area contributed by atoms with Gasteiger partial charge in [-0.3, -0.25) is 0 Å². The normalized spacial score (nSPS) is 11.3. The molecule has 3 aromatic carbocycles. The number of aromatic hydroxyl groups is 1. The van der Waals surface area contributed by atoms with Crippen LogP contribution in [0.4, 0.5) is 21.9 Å². The Labute approximate surface area is 271 Å². The number of hydrogen-bond donors (Lipinski definition) is 4. The number of imidazole rings is 1. The van der Waals surface area contributed by atoms with Gasteiger partial charge in [-0.1, -0.05) is 24.3 Å². The summed E-state index contributed by atoms with van der Waals surface area (Å²) >= 11 is 0. The molecule has 13 heteroatoms. The highest BCUT2D eigenvalue weighted by molar-refractivity contribution is 6.60. The zero-order valence-corrected chi connectivity index (χ0v) is 28.7. The van der Waals surface area contributed by atoms with E-state index in [1.807, 2.05) is 50.1 Å². The summed E-state index contributed by atoms with van der Waals surface area (Å²) < 4.78 is 21.8. The molecule has 1 aromatic heterocycles. The topological polar surface area (TPSA) is 133 Å². The van der Waals surface area contributed by atoms with Crippen LogP contribution in [0.3, 0.4) is 0 Å². The number of aromatic nitrogens is 2. The van der Waals surface area contributed by atoms with E-state index in [1.165, 1.54) is 7.11 Å². The maximum atomic E-state index is 12.8. The van der Waals surface area contributed by atoms with Crippen LogP contribution >= 0.6 is 0 Å². The molecule has 0 bridgehead atoms. The standard InChI is InChI=1S/C33H44N6O6Si/c1-38(2)25-14-10-22(11-15-25)29-30(23-12-16-26(17-13-23)39(3)4)37-32(36-29)24-20-27(31(40)28(21-24)42-5)35-33(41)34-18-9-19-46(43-6,44-7)45-8/h10-17,20-21,40H,9,18-19H2,1-8H3,(H,36,37)(H2,34,35,41). The Bertz CT molecular complexity index is 1530. The number of amides is 2. The number of phenols is 1. The second-order valence-electron chi connectivity index (χ2n) is 11.0. The van der Waals surface area contributed by atoms with E-state index in [2.05, 4.69) is 52.0 Å². The average molecular weight is 649 g/mol. The molecule has 246 valence electrons. The van der Waals surface area contributed by atoms with Gasteiger partial charge in [0.25, 0.3) is 0 Å². The number of nitrogens with zero attached hydrogens (tertiary/aromatic N) is 3. The van der Waals surface area contributed by atoms with Crippen LogP contribution in [-0.4, -0.2) is 93.1 Å². The summed E-state index contributed by atoms with van der Waals surface area (Å²) in [6, 6.07) is 19.8. The third kappa shape index (κ3) is 7.80. The number of urea groups is 1. The van der Waals surface area contributed by atoms with Crippen LogP contribution < -0.4 is 25.2 Å². The molecule has 0 aliphatic heterocycles. The molecule has 0 aliphatic carbocycles. The quantitative estimate of drug-likeness (QED) is 0.0778. The molecule has 0 saturated carbocycles. The number of carbonyl (C=O) groups excluding carboxylic acids is 1. The number of methoxy groups -OCH3 is 1. The fourth-order valence-corrected chi connectivity index (χ4v) is 6.72. The number of ether oxygens (including phenoxy) is 1. The summed E-state index contributed by atoms with van der Waals surface area (Å²) in [7, 11) is 11.4. The van der Waals surface area contributed by atoms with Gasteiger partial charge in [0.15, 0.2) is 11.5 Å².